The Kier molecular flexibility index (Phi) is 7.82. The molecule has 1 aliphatic heterocycles. The molecular formula is C14H29NO2. The molecule has 3 nitrogen and oxygen atoms in total. The average molecular weight is 243 g/mol. The zero-order valence-electron chi connectivity index (χ0n) is 11.8. The summed E-state index contributed by atoms with van der Waals surface area (Å²) >= 11 is 0. The van der Waals surface area contributed by atoms with Gasteiger partial charge in [-0.15, -0.1) is 0 Å². The molecule has 0 aromatic rings. The number of rotatable bonds is 8. The first-order valence-corrected chi connectivity index (χ1v) is 7.14. The van der Waals surface area contributed by atoms with E-state index in [9.17, 15) is 0 Å². The second-order valence-electron chi connectivity index (χ2n) is 5.40. The third kappa shape index (κ3) is 7.02. The van der Waals surface area contributed by atoms with Crippen molar-refractivity contribution in [1.29, 1.82) is 0 Å². The molecule has 0 aromatic heterocycles. The van der Waals surface area contributed by atoms with Gasteiger partial charge in [0.2, 0.25) is 0 Å². The lowest BCUT2D eigenvalue weighted by Crippen LogP contribution is -2.44. The molecule has 0 aromatic carbocycles. The van der Waals surface area contributed by atoms with E-state index in [0.717, 1.165) is 45.2 Å². The van der Waals surface area contributed by atoms with Gasteiger partial charge in [0.25, 0.3) is 0 Å². The Hall–Kier alpha value is -0.120. The molecule has 0 saturated carbocycles. The third-order valence-corrected chi connectivity index (χ3v) is 3.13. The van der Waals surface area contributed by atoms with Crippen LogP contribution < -0.4 is 0 Å². The van der Waals surface area contributed by atoms with Crippen molar-refractivity contribution in [3.63, 3.8) is 0 Å². The van der Waals surface area contributed by atoms with Crippen molar-refractivity contribution in [1.82, 2.24) is 4.90 Å². The van der Waals surface area contributed by atoms with E-state index < -0.39 is 0 Å². The van der Waals surface area contributed by atoms with Crippen LogP contribution in [-0.2, 0) is 9.47 Å². The molecule has 0 N–H and O–H groups in total. The van der Waals surface area contributed by atoms with Crippen LogP contribution in [0.3, 0.4) is 0 Å². The van der Waals surface area contributed by atoms with Gasteiger partial charge < -0.3 is 9.47 Å². The molecular weight excluding hydrogens is 214 g/mol. The number of morpholine rings is 1. The van der Waals surface area contributed by atoms with Gasteiger partial charge in [-0.3, -0.25) is 4.90 Å². The minimum Gasteiger partial charge on any atom is -0.379 e. The number of nitrogens with zero attached hydrogens (tertiary/aromatic N) is 1. The Balaban J connectivity index is 2.10. The molecule has 0 unspecified atom stereocenters. The van der Waals surface area contributed by atoms with Crippen LogP contribution in [0.2, 0.25) is 0 Å². The van der Waals surface area contributed by atoms with Gasteiger partial charge in [0.05, 0.1) is 19.3 Å². The van der Waals surface area contributed by atoms with Crippen molar-refractivity contribution < 1.29 is 9.47 Å². The molecule has 1 fully saturated rings. The summed E-state index contributed by atoms with van der Waals surface area (Å²) in [5, 5.41) is 0. The van der Waals surface area contributed by atoms with Crippen LogP contribution in [-0.4, -0.2) is 50.5 Å². The van der Waals surface area contributed by atoms with Gasteiger partial charge in [-0.05, 0) is 31.7 Å². The van der Waals surface area contributed by atoms with E-state index in [2.05, 4.69) is 25.7 Å². The quantitative estimate of drug-likeness (QED) is 0.612. The zero-order valence-corrected chi connectivity index (χ0v) is 11.8. The number of hydrogen-bond acceptors (Lipinski definition) is 3. The van der Waals surface area contributed by atoms with Crippen molar-refractivity contribution in [2.45, 2.75) is 46.1 Å². The minimum absolute atomic E-state index is 0.286. The lowest BCUT2D eigenvalue weighted by molar-refractivity contribution is -0.0692. The Morgan fingerprint density at radius 1 is 1.41 bits per heavy atom. The van der Waals surface area contributed by atoms with Gasteiger partial charge in [-0.25, -0.2) is 0 Å². The van der Waals surface area contributed by atoms with Crippen molar-refractivity contribution in [2.75, 3.05) is 39.5 Å². The van der Waals surface area contributed by atoms with Crippen LogP contribution >= 0.6 is 0 Å². The summed E-state index contributed by atoms with van der Waals surface area (Å²) in [6.07, 6.45) is 4.01. The molecule has 1 aliphatic rings. The van der Waals surface area contributed by atoms with Gasteiger partial charge in [-0.1, -0.05) is 20.8 Å². The minimum atomic E-state index is 0.286. The van der Waals surface area contributed by atoms with E-state index >= 15 is 0 Å². The van der Waals surface area contributed by atoms with Crippen LogP contribution in [0.4, 0.5) is 0 Å². The van der Waals surface area contributed by atoms with E-state index in [4.69, 9.17) is 9.47 Å². The van der Waals surface area contributed by atoms with Crippen molar-refractivity contribution in [3.05, 3.63) is 0 Å². The Morgan fingerprint density at radius 3 is 2.94 bits per heavy atom. The summed E-state index contributed by atoms with van der Waals surface area (Å²) in [7, 11) is 0. The van der Waals surface area contributed by atoms with Crippen LogP contribution in [0.5, 0.6) is 0 Å². The lowest BCUT2D eigenvalue weighted by Gasteiger charge is -2.32. The first-order chi connectivity index (χ1) is 8.22. The van der Waals surface area contributed by atoms with Gasteiger partial charge >= 0.3 is 0 Å². The van der Waals surface area contributed by atoms with Crippen molar-refractivity contribution in [3.8, 4) is 0 Å². The monoisotopic (exact) mass is 243 g/mol. The molecule has 0 bridgehead atoms. The largest absolute Gasteiger partial charge is 0.379 e. The van der Waals surface area contributed by atoms with E-state index in [1.807, 2.05) is 0 Å². The highest BCUT2D eigenvalue weighted by Crippen LogP contribution is 2.09. The fourth-order valence-electron chi connectivity index (χ4n) is 2.17. The molecule has 3 heteroatoms. The van der Waals surface area contributed by atoms with E-state index in [0.29, 0.717) is 0 Å². The molecule has 0 radical (unpaired) electrons. The van der Waals surface area contributed by atoms with Gasteiger partial charge in [0.15, 0.2) is 0 Å². The molecule has 0 spiro atoms. The first-order valence-electron chi connectivity index (χ1n) is 7.14. The van der Waals surface area contributed by atoms with Crippen LogP contribution in [0, 0.1) is 5.92 Å². The maximum atomic E-state index is 5.72. The highest BCUT2D eigenvalue weighted by Gasteiger charge is 2.19. The maximum Gasteiger partial charge on any atom is 0.0935 e. The first kappa shape index (κ1) is 14.9. The molecule has 0 aliphatic carbocycles. The zero-order chi connectivity index (χ0) is 12.5. The Morgan fingerprint density at radius 2 is 2.24 bits per heavy atom. The fourth-order valence-corrected chi connectivity index (χ4v) is 2.17. The lowest BCUT2D eigenvalue weighted by atomic mass is 10.1. The summed E-state index contributed by atoms with van der Waals surface area (Å²) in [6.45, 7) is 12.5. The second-order valence-corrected chi connectivity index (χ2v) is 5.40. The average Bonchev–Trinajstić information content (AvgIpc) is 2.29. The van der Waals surface area contributed by atoms with Crippen LogP contribution in [0.25, 0.3) is 0 Å². The second kappa shape index (κ2) is 8.90. The Bertz CT molecular complexity index is 185. The van der Waals surface area contributed by atoms with E-state index in [1.54, 1.807) is 0 Å². The van der Waals surface area contributed by atoms with Crippen molar-refractivity contribution in [2.24, 2.45) is 5.92 Å². The summed E-state index contributed by atoms with van der Waals surface area (Å²) < 4.78 is 11.3. The molecule has 1 atom stereocenters. The standard InChI is InChI=1S/C14H29NO2/c1-4-9-16-12-14-11-15(8-10-17-14)7-5-6-13(2)3/h13-14H,4-12H2,1-3H3/t14-/m1/s1. The summed E-state index contributed by atoms with van der Waals surface area (Å²) in [5.74, 6) is 0.819. The topological polar surface area (TPSA) is 21.7 Å². The number of ether oxygens (including phenoxy) is 2. The van der Waals surface area contributed by atoms with Gasteiger partial charge in [0.1, 0.15) is 0 Å². The maximum absolute atomic E-state index is 5.72. The van der Waals surface area contributed by atoms with Crippen LogP contribution in [0.1, 0.15) is 40.0 Å². The summed E-state index contributed by atoms with van der Waals surface area (Å²) in [5.41, 5.74) is 0. The highest BCUT2D eigenvalue weighted by molar-refractivity contribution is 4.71. The van der Waals surface area contributed by atoms with Crippen LogP contribution in [0.15, 0.2) is 0 Å². The van der Waals surface area contributed by atoms with Crippen molar-refractivity contribution >= 4 is 0 Å². The smallest absolute Gasteiger partial charge is 0.0935 e. The molecule has 102 valence electrons. The molecule has 1 heterocycles. The highest BCUT2D eigenvalue weighted by atomic mass is 16.5. The number of hydrogen-bond donors (Lipinski definition) is 0. The normalized spacial score (nSPS) is 22.2. The van der Waals surface area contributed by atoms with Gasteiger partial charge in [-0.2, -0.15) is 0 Å². The predicted molar refractivity (Wildman–Crippen MR) is 71.4 cm³/mol. The molecule has 17 heavy (non-hydrogen) atoms. The van der Waals surface area contributed by atoms with E-state index in [-0.39, 0.29) is 6.10 Å². The molecule has 1 rings (SSSR count). The molecule has 1 saturated heterocycles. The van der Waals surface area contributed by atoms with Gasteiger partial charge in [0, 0.05) is 19.7 Å². The van der Waals surface area contributed by atoms with E-state index in [1.165, 1.54) is 19.4 Å². The third-order valence-electron chi connectivity index (χ3n) is 3.13. The predicted octanol–water partition coefficient (Wildman–Crippen LogP) is 2.55. The summed E-state index contributed by atoms with van der Waals surface area (Å²) in [6, 6.07) is 0. The molecule has 0 amide bonds. The fraction of sp³-hybridized carbons (Fsp3) is 1.00. The summed E-state index contributed by atoms with van der Waals surface area (Å²) in [4.78, 5) is 2.52. The SMILES string of the molecule is CCCOC[C@H]1CN(CCCC(C)C)CCO1. The Labute approximate surface area is 106 Å².